The number of fused-ring (bicyclic) bond motifs is 1. The van der Waals surface area contributed by atoms with Gasteiger partial charge in [-0.25, -0.2) is 25.6 Å². The van der Waals surface area contributed by atoms with Crippen molar-refractivity contribution in [1.82, 2.24) is 8.28 Å². The molecule has 0 saturated carbocycles. The van der Waals surface area contributed by atoms with Gasteiger partial charge in [-0.2, -0.15) is 4.31 Å². The van der Waals surface area contributed by atoms with E-state index < -0.39 is 42.7 Å². The van der Waals surface area contributed by atoms with Crippen LogP contribution in [0.5, 0.6) is 5.75 Å². The molecule has 0 radical (unpaired) electrons. The molecule has 0 N–H and O–H groups in total. The van der Waals surface area contributed by atoms with Gasteiger partial charge >= 0.3 is 5.97 Å². The van der Waals surface area contributed by atoms with Crippen LogP contribution >= 0.6 is 23.2 Å². The summed E-state index contributed by atoms with van der Waals surface area (Å²) in [5.74, 6) is -0.570. The van der Waals surface area contributed by atoms with Crippen LogP contribution in [0.3, 0.4) is 0 Å². The first-order valence-corrected chi connectivity index (χ1v) is 18.6. The van der Waals surface area contributed by atoms with Gasteiger partial charge in [-0.15, -0.1) is 0 Å². The number of rotatable bonds is 10. The lowest BCUT2D eigenvalue weighted by molar-refractivity contribution is -0.0249. The number of morpholine rings is 1. The van der Waals surface area contributed by atoms with Crippen molar-refractivity contribution < 1.29 is 35.8 Å². The fourth-order valence-electron chi connectivity index (χ4n) is 5.55. The number of sulfonamides is 1. The number of hydrogen-bond donors (Lipinski definition) is 0. The maximum absolute atomic E-state index is 14.5. The van der Waals surface area contributed by atoms with Crippen LogP contribution in [0.15, 0.2) is 107 Å². The van der Waals surface area contributed by atoms with Crippen molar-refractivity contribution in [3.05, 3.63) is 113 Å². The van der Waals surface area contributed by atoms with E-state index in [1.807, 2.05) is 36.4 Å². The number of ether oxygens (including phenoxy) is 3. The zero-order valence-corrected chi connectivity index (χ0v) is 28.7. The number of esters is 1. The number of aromatic nitrogens is 1. The summed E-state index contributed by atoms with van der Waals surface area (Å²) >= 11 is 12.6. The monoisotopic (exact) mass is 728 g/mol. The molecule has 10 nitrogen and oxygen atoms in total. The molecule has 0 amide bonds. The van der Waals surface area contributed by atoms with Crippen LogP contribution in [0.2, 0.25) is 10.0 Å². The van der Waals surface area contributed by atoms with Gasteiger partial charge in [0, 0.05) is 34.1 Å². The van der Waals surface area contributed by atoms with Gasteiger partial charge in [0.2, 0.25) is 10.0 Å². The Morgan fingerprint density at radius 2 is 1.60 bits per heavy atom. The summed E-state index contributed by atoms with van der Waals surface area (Å²) in [4.78, 5) is 12.9. The Balaban J connectivity index is 1.33. The summed E-state index contributed by atoms with van der Waals surface area (Å²) in [5, 5.41) is 0.734. The fourth-order valence-corrected chi connectivity index (χ4v) is 9.35. The molecule has 0 bridgehead atoms. The van der Waals surface area contributed by atoms with E-state index in [2.05, 4.69) is 0 Å². The van der Waals surface area contributed by atoms with Crippen LogP contribution in [0, 0.1) is 0 Å². The van der Waals surface area contributed by atoms with Gasteiger partial charge in [-0.05, 0) is 61.0 Å². The zero-order valence-electron chi connectivity index (χ0n) is 25.6. The van der Waals surface area contributed by atoms with E-state index in [0.717, 1.165) is 19.4 Å². The van der Waals surface area contributed by atoms with Gasteiger partial charge < -0.3 is 14.2 Å². The van der Waals surface area contributed by atoms with E-state index >= 15 is 0 Å². The molecular weight excluding hydrogens is 699 g/mol. The number of carbonyl (C=O) groups is 1. The molecule has 14 heteroatoms. The SMILES string of the molecule is CCOC(=O)c1c(S(=O)(=O)N2CCOC(COc3ccc(-c4ccccc4Cl)cc3)C2)c2cc(Cl)ccc2n1S(=O)(=O)c1ccccc1. The summed E-state index contributed by atoms with van der Waals surface area (Å²) < 4.78 is 76.0. The van der Waals surface area contributed by atoms with Crippen molar-refractivity contribution in [1.29, 1.82) is 0 Å². The molecule has 48 heavy (non-hydrogen) atoms. The van der Waals surface area contributed by atoms with E-state index in [0.29, 0.717) is 10.8 Å². The topological polar surface area (TPSA) is 121 Å². The minimum Gasteiger partial charge on any atom is -0.491 e. The predicted octanol–water partition coefficient (Wildman–Crippen LogP) is 6.50. The number of carbonyl (C=O) groups excluding carboxylic acids is 1. The highest BCUT2D eigenvalue weighted by atomic mass is 35.5. The molecule has 4 aromatic carbocycles. The van der Waals surface area contributed by atoms with Crippen molar-refractivity contribution in [2.75, 3.05) is 32.9 Å². The second-order valence-corrected chi connectivity index (χ2v) is 15.3. The third-order valence-corrected chi connectivity index (χ3v) is 12.0. The van der Waals surface area contributed by atoms with Gasteiger partial charge in [0.05, 0.1) is 23.6 Å². The molecule has 1 saturated heterocycles. The molecule has 1 fully saturated rings. The molecule has 1 aliphatic rings. The van der Waals surface area contributed by atoms with Crippen LogP contribution in [0.25, 0.3) is 22.0 Å². The Hall–Kier alpha value is -3.91. The average molecular weight is 730 g/mol. The molecule has 250 valence electrons. The second-order valence-electron chi connectivity index (χ2n) is 10.8. The Bertz CT molecular complexity index is 2190. The first kappa shape index (κ1) is 34.0. The average Bonchev–Trinajstić information content (AvgIpc) is 3.45. The Labute approximate surface area is 288 Å². The van der Waals surface area contributed by atoms with Crippen LogP contribution in [-0.4, -0.2) is 70.1 Å². The maximum Gasteiger partial charge on any atom is 0.357 e. The van der Waals surface area contributed by atoms with Crippen molar-refractivity contribution in [3.8, 4) is 16.9 Å². The second kappa shape index (κ2) is 13.9. The third-order valence-electron chi connectivity index (χ3n) is 7.76. The number of halogens is 2. The Morgan fingerprint density at radius 1 is 0.896 bits per heavy atom. The Morgan fingerprint density at radius 3 is 2.31 bits per heavy atom. The molecule has 2 heterocycles. The van der Waals surface area contributed by atoms with Gasteiger partial charge in [-0.1, -0.05) is 71.7 Å². The largest absolute Gasteiger partial charge is 0.491 e. The zero-order chi connectivity index (χ0) is 34.1. The van der Waals surface area contributed by atoms with Crippen molar-refractivity contribution in [2.24, 2.45) is 0 Å². The minimum atomic E-state index is -4.54. The quantitative estimate of drug-likeness (QED) is 0.150. The highest BCUT2D eigenvalue weighted by Gasteiger charge is 2.41. The van der Waals surface area contributed by atoms with Gasteiger partial charge in [-0.3, -0.25) is 0 Å². The molecule has 1 unspecified atom stereocenters. The minimum absolute atomic E-state index is 0.0260. The lowest BCUT2D eigenvalue weighted by Crippen LogP contribution is -2.47. The summed E-state index contributed by atoms with van der Waals surface area (Å²) in [6.45, 7) is 1.31. The van der Waals surface area contributed by atoms with Gasteiger partial charge in [0.25, 0.3) is 10.0 Å². The summed E-state index contributed by atoms with van der Waals surface area (Å²) in [7, 11) is -9.01. The molecule has 0 spiro atoms. The van der Waals surface area contributed by atoms with E-state index in [9.17, 15) is 21.6 Å². The summed E-state index contributed by atoms with van der Waals surface area (Å²) in [6.07, 6.45) is -0.673. The molecule has 5 aromatic rings. The Kier molecular flexibility index (Phi) is 9.84. The van der Waals surface area contributed by atoms with E-state index in [-0.39, 0.29) is 53.7 Å². The van der Waals surface area contributed by atoms with E-state index in [1.54, 1.807) is 25.1 Å². The highest BCUT2D eigenvalue weighted by Crippen LogP contribution is 2.38. The van der Waals surface area contributed by atoms with Crippen molar-refractivity contribution in [3.63, 3.8) is 0 Å². The lowest BCUT2D eigenvalue weighted by atomic mass is 10.1. The smallest absolute Gasteiger partial charge is 0.357 e. The molecule has 1 atom stereocenters. The fraction of sp³-hybridized carbons (Fsp3) is 0.206. The van der Waals surface area contributed by atoms with Gasteiger partial charge in [0.1, 0.15) is 23.4 Å². The lowest BCUT2D eigenvalue weighted by Gasteiger charge is -2.32. The van der Waals surface area contributed by atoms with Crippen LogP contribution < -0.4 is 4.74 Å². The van der Waals surface area contributed by atoms with Crippen LogP contribution in [0.4, 0.5) is 0 Å². The van der Waals surface area contributed by atoms with E-state index in [1.165, 1.54) is 42.5 Å². The molecule has 1 aliphatic heterocycles. The number of nitrogens with zero attached hydrogens (tertiary/aromatic N) is 2. The third kappa shape index (κ3) is 6.56. The first-order valence-electron chi connectivity index (χ1n) is 14.9. The normalized spacial score (nSPS) is 15.8. The molecule has 6 rings (SSSR count). The molecule has 0 aliphatic carbocycles. The predicted molar refractivity (Wildman–Crippen MR) is 183 cm³/mol. The molecule has 1 aromatic heterocycles. The standard InChI is InChI=1S/C34H30Cl2N2O8S2/c1-2-44-34(39)32-33(29-20-24(35)14-17-31(29)38(32)47(40,41)27-8-4-3-5-9-27)48(42,43)37-18-19-45-26(21-37)22-46-25-15-12-23(13-16-25)28-10-6-7-11-30(28)36/h3-17,20,26H,2,18-19,21-22H2,1H3. The number of hydrogen-bond acceptors (Lipinski definition) is 8. The summed E-state index contributed by atoms with van der Waals surface area (Å²) in [6, 6.07) is 26.3. The van der Waals surface area contributed by atoms with Gasteiger partial charge in [0.15, 0.2) is 5.69 Å². The van der Waals surface area contributed by atoms with Crippen LogP contribution in [0.1, 0.15) is 17.4 Å². The summed E-state index contributed by atoms with van der Waals surface area (Å²) in [5.41, 5.74) is 1.10. The first-order chi connectivity index (χ1) is 23.0. The highest BCUT2D eigenvalue weighted by molar-refractivity contribution is 7.91. The molecular formula is C34H30Cl2N2O8S2. The van der Waals surface area contributed by atoms with Crippen molar-refractivity contribution in [2.45, 2.75) is 22.8 Å². The maximum atomic E-state index is 14.5. The number of benzene rings is 4. The van der Waals surface area contributed by atoms with Crippen molar-refractivity contribution >= 4 is 60.1 Å². The van der Waals surface area contributed by atoms with E-state index in [4.69, 9.17) is 37.4 Å². The van der Waals surface area contributed by atoms with Crippen LogP contribution in [-0.2, 0) is 29.5 Å².